The Bertz CT molecular complexity index is 422. The molecule has 0 aromatic heterocycles. The number of piperidine rings is 1. The van der Waals surface area contributed by atoms with Crippen molar-refractivity contribution in [3.8, 4) is 0 Å². The maximum absolute atomic E-state index is 5.21. The molecule has 0 spiro atoms. The van der Waals surface area contributed by atoms with Gasteiger partial charge in [-0.1, -0.05) is 30.3 Å². The number of hydrogen-bond donors (Lipinski definition) is 0. The lowest BCUT2D eigenvalue weighted by molar-refractivity contribution is 0.102. The summed E-state index contributed by atoms with van der Waals surface area (Å²) in [4.78, 5) is 5.27. The van der Waals surface area contributed by atoms with Crippen molar-refractivity contribution in [2.45, 2.75) is 12.8 Å². The SMILES string of the molecule is COCCN1CC[C@H]2CN(CCc3ccccc3)C[C@H]2C1. The van der Waals surface area contributed by atoms with E-state index in [1.54, 1.807) is 7.11 Å². The minimum Gasteiger partial charge on any atom is -0.383 e. The van der Waals surface area contributed by atoms with Crippen molar-refractivity contribution in [3.63, 3.8) is 0 Å². The lowest BCUT2D eigenvalue weighted by atomic mass is 9.89. The van der Waals surface area contributed by atoms with Gasteiger partial charge in [-0.05, 0) is 36.8 Å². The third-order valence-electron chi connectivity index (χ3n) is 5.13. The van der Waals surface area contributed by atoms with Crippen LogP contribution >= 0.6 is 0 Å². The van der Waals surface area contributed by atoms with E-state index in [1.807, 2.05) is 0 Å². The smallest absolute Gasteiger partial charge is 0.0589 e. The van der Waals surface area contributed by atoms with Gasteiger partial charge in [0.25, 0.3) is 0 Å². The molecule has 1 aromatic carbocycles. The number of ether oxygens (including phenoxy) is 1. The van der Waals surface area contributed by atoms with Crippen LogP contribution in [0.1, 0.15) is 12.0 Å². The number of likely N-dealkylation sites (tertiary alicyclic amines) is 2. The average Bonchev–Trinajstić information content (AvgIpc) is 2.94. The van der Waals surface area contributed by atoms with E-state index in [4.69, 9.17) is 4.74 Å². The molecule has 2 heterocycles. The van der Waals surface area contributed by atoms with Crippen LogP contribution in [-0.4, -0.2) is 62.8 Å². The first-order valence-corrected chi connectivity index (χ1v) is 8.32. The predicted octanol–water partition coefficient (Wildman–Crippen LogP) is 2.13. The molecular formula is C18H28N2O. The van der Waals surface area contributed by atoms with Crippen molar-refractivity contribution in [2.24, 2.45) is 11.8 Å². The van der Waals surface area contributed by atoms with Gasteiger partial charge in [-0.2, -0.15) is 0 Å². The molecule has 21 heavy (non-hydrogen) atoms. The van der Waals surface area contributed by atoms with E-state index in [1.165, 1.54) is 51.1 Å². The number of methoxy groups -OCH3 is 1. The normalized spacial score (nSPS) is 26.9. The van der Waals surface area contributed by atoms with E-state index >= 15 is 0 Å². The Morgan fingerprint density at radius 2 is 1.76 bits per heavy atom. The number of hydrogen-bond acceptors (Lipinski definition) is 3. The van der Waals surface area contributed by atoms with Gasteiger partial charge in [0.15, 0.2) is 0 Å². The highest BCUT2D eigenvalue weighted by Gasteiger charge is 2.36. The van der Waals surface area contributed by atoms with E-state index in [9.17, 15) is 0 Å². The van der Waals surface area contributed by atoms with Crippen LogP contribution in [0.3, 0.4) is 0 Å². The highest BCUT2D eigenvalue weighted by atomic mass is 16.5. The van der Waals surface area contributed by atoms with Crippen LogP contribution in [0.4, 0.5) is 0 Å². The van der Waals surface area contributed by atoms with Gasteiger partial charge in [0, 0.05) is 39.8 Å². The molecular weight excluding hydrogens is 260 g/mol. The molecule has 3 rings (SSSR count). The minimum absolute atomic E-state index is 0.870. The Morgan fingerprint density at radius 3 is 2.57 bits per heavy atom. The van der Waals surface area contributed by atoms with Crippen LogP contribution in [-0.2, 0) is 11.2 Å². The summed E-state index contributed by atoms with van der Waals surface area (Å²) in [5.41, 5.74) is 1.47. The first kappa shape index (κ1) is 15.0. The molecule has 0 bridgehead atoms. The largest absolute Gasteiger partial charge is 0.383 e. The van der Waals surface area contributed by atoms with Crippen LogP contribution in [0.2, 0.25) is 0 Å². The summed E-state index contributed by atoms with van der Waals surface area (Å²) in [6.45, 7) is 8.33. The van der Waals surface area contributed by atoms with E-state index < -0.39 is 0 Å². The summed E-state index contributed by atoms with van der Waals surface area (Å²) in [7, 11) is 1.80. The van der Waals surface area contributed by atoms with Gasteiger partial charge >= 0.3 is 0 Å². The van der Waals surface area contributed by atoms with Gasteiger partial charge in [-0.25, -0.2) is 0 Å². The second-order valence-corrected chi connectivity index (χ2v) is 6.60. The van der Waals surface area contributed by atoms with Gasteiger partial charge in [0.05, 0.1) is 6.61 Å². The molecule has 2 atom stereocenters. The summed E-state index contributed by atoms with van der Waals surface area (Å²) in [5.74, 6) is 1.81. The zero-order valence-corrected chi connectivity index (χ0v) is 13.2. The zero-order valence-electron chi connectivity index (χ0n) is 13.2. The Labute approximate surface area is 128 Å². The van der Waals surface area contributed by atoms with Crippen LogP contribution in [0.15, 0.2) is 30.3 Å². The molecule has 0 radical (unpaired) electrons. The summed E-state index contributed by atoms with van der Waals surface area (Å²) in [6, 6.07) is 10.9. The highest BCUT2D eigenvalue weighted by Crippen LogP contribution is 2.31. The Morgan fingerprint density at radius 1 is 1.00 bits per heavy atom. The van der Waals surface area contributed by atoms with Crippen molar-refractivity contribution in [1.29, 1.82) is 0 Å². The molecule has 2 aliphatic heterocycles. The molecule has 2 fully saturated rings. The van der Waals surface area contributed by atoms with Crippen molar-refractivity contribution in [3.05, 3.63) is 35.9 Å². The van der Waals surface area contributed by atoms with E-state index in [2.05, 4.69) is 40.1 Å². The van der Waals surface area contributed by atoms with Gasteiger partial charge in [0.2, 0.25) is 0 Å². The predicted molar refractivity (Wildman–Crippen MR) is 86.5 cm³/mol. The number of rotatable bonds is 6. The quantitative estimate of drug-likeness (QED) is 0.797. The second kappa shape index (κ2) is 7.39. The molecule has 2 saturated heterocycles. The van der Waals surface area contributed by atoms with Gasteiger partial charge < -0.3 is 14.5 Å². The van der Waals surface area contributed by atoms with Crippen LogP contribution in [0.5, 0.6) is 0 Å². The molecule has 0 aliphatic carbocycles. The standard InChI is InChI=1S/C18H28N2O/c1-21-12-11-19-10-8-17-13-20(15-18(17)14-19)9-7-16-5-3-2-4-6-16/h2-6,17-18H,7-15H2,1H3/t17-,18+/m0/s1. The fourth-order valence-corrected chi connectivity index (χ4v) is 3.88. The monoisotopic (exact) mass is 288 g/mol. The van der Waals surface area contributed by atoms with E-state index in [0.717, 1.165) is 25.0 Å². The number of benzene rings is 1. The van der Waals surface area contributed by atoms with Gasteiger partial charge in [-0.3, -0.25) is 0 Å². The lowest BCUT2D eigenvalue weighted by Gasteiger charge is -2.34. The first-order chi connectivity index (χ1) is 10.3. The maximum Gasteiger partial charge on any atom is 0.0589 e. The minimum atomic E-state index is 0.870. The van der Waals surface area contributed by atoms with Crippen molar-refractivity contribution in [2.75, 3.05) is 53.0 Å². The zero-order chi connectivity index (χ0) is 14.5. The lowest BCUT2D eigenvalue weighted by Crippen LogP contribution is -2.41. The van der Waals surface area contributed by atoms with Crippen molar-refractivity contribution in [1.82, 2.24) is 9.80 Å². The fraction of sp³-hybridized carbons (Fsp3) is 0.667. The second-order valence-electron chi connectivity index (χ2n) is 6.60. The average molecular weight is 288 g/mol. The van der Waals surface area contributed by atoms with Crippen molar-refractivity contribution < 1.29 is 4.74 Å². The molecule has 0 unspecified atom stereocenters. The highest BCUT2D eigenvalue weighted by molar-refractivity contribution is 5.15. The Hall–Kier alpha value is -0.900. The maximum atomic E-state index is 5.21. The van der Waals surface area contributed by atoms with Crippen LogP contribution < -0.4 is 0 Å². The molecule has 2 aliphatic rings. The van der Waals surface area contributed by atoms with E-state index in [-0.39, 0.29) is 0 Å². The third-order valence-corrected chi connectivity index (χ3v) is 5.13. The Balaban J connectivity index is 1.44. The molecule has 1 aromatic rings. The first-order valence-electron chi connectivity index (χ1n) is 8.32. The van der Waals surface area contributed by atoms with Gasteiger partial charge in [0.1, 0.15) is 0 Å². The van der Waals surface area contributed by atoms with Crippen LogP contribution in [0, 0.1) is 11.8 Å². The van der Waals surface area contributed by atoms with Crippen LogP contribution in [0.25, 0.3) is 0 Å². The number of nitrogens with zero attached hydrogens (tertiary/aromatic N) is 2. The van der Waals surface area contributed by atoms with Crippen molar-refractivity contribution >= 4 is 0 Å². The summed E-state index contributed by atoms with van der Waals surface area (Å²) >= 11 is 0. The van der Waals surface area contributed by atoms with Gasteiger partial charge in [-0.15, -0.1) is 0 Å². The summed E-state index contributed by atoms with van der Waals surface area (Å²) in [6.07, 6.45) is 2.56. The van der Waals surface area contributed by atoms with E-state index in [0.29, 0.717) is 0 Å². The molecule has 116 valence electrons. The molecule has 0 N–H and O–H groups in total. The topological polar surface area (TPSA) is 15.7 Å². The third kappa shape index (κ3) is 4.06. The molecule has 3 nitrogen and oxygen atoms in total. The number of fused-ring (bicyclic) bond motifs is 1. The summed E-state index contributed by atoms with van der Waals surface area (Å²) in [5, 5.41) is 0. The molecule has 0 amide bonds. The molecule has 0 saturated carbocycles. The summed E-state index contributed by atoms with van der Waals surface area (Å²) < 4.78 is 5.21. The molecule has 3 heteroatoms. The Kier molecular flexibility index (Phi) is 5.28. The fourth-order valence-electron chi connectivity index (χ4n) is 3.88.